The fourth-order valence-electron chi connectivity index (χ4n) is 8.13. The molecule has 0 aliphatic carbocycles. The van der Waals surface area contributed by atoms with E-state index in [1.54, 1.807) is 68.6 Å². The van der Waals surface area contributed by atoms with Crippen molar-refractivity contribution in [2.75, 3.05) is 6.54 Å². The molecular formula is C50H72N10O9. The average molecular weight is 957 g/mol. The van der Waals surface area contributed by atoms with Gasteiger partial charge in [0.25, 0.3) is 0 Å². The molecule has 10 N–H and O–H groups in total. The maximum absolute atomic E-state index is 14.1. The normalized spacial score (nSPS) is 16.6. The largest absolute Gasteiger partial charge is 0.390 e. The number of aliphatic hydroxyl groups excluding tert-OH is 1. The van der Waals surface area contributed by atoms with Crippen LogP contribution in [0.3, 0.4) is 0 Å². The number of benzene rings is 2. The third-order valence-electron chi connectivity index (χ3n) is 11.8. The number of imidazole rings is 1. The molecule has 0 spiro atoms. The number of carbonyl (C=O) groups excluding carboxylic acids is 8. The van der Waals surface area contributed by atoms with E-state index in [2.05, 4.69) is 41.9 Å². The van der Waals surface area contributed by atoms with Crippen molar-refractivity contribution in [1.29, 1.82) is 0 Å². The molecule has 1 unspecified atom stereocenters. The van der Waals surface area contributed by atoms with E-state index in [1.807, 2.05) is 39.8 Å². The highest BCUT2D eigenvalue weighted by atomic mass is 16.3. The first-order valence-electron chi connectivity index (χ1n) is 23.9. The van der Waals surface area contributed by atoms with Crippen molar-refractivity contribution in [3.05, 3.63) is 90.0 Å². The summed E-state index contributed by atoms with van der Waals surface area (Å²) in [6, 6.07) is 10.7. The summed E-state index contributed by atoms with van der Waals surface area (Å²) in [5, 5.41) is 27.9. The topological polar surface area (TPSA) is 287 Å². The number of rotatable bonds is 26. The van der Waals surface area contributed by atoms with Crippen LogP contribution in [0.25, 0.3) is 0 Å². The van der Waals surface area contributed by atoms with Gasteiger partial charge in [-0.25, -0.2) is 4.98 Å². The van der Waals surface area contributed by atoms with Crippen LogP contribution in [0.1, 0.15) is 97.4 Å². The van der Waals surface area contributed by atoms with Gasteiger partial charge in [0, 0.05) is 43.6 Å². The van der Waals surface area contributed by atoms with Crippen LogP contribution in [0.4, 0.5) is 0 Å². The molecule has 69 heavy (non-hydrogen) atoms. The Morgan fingerprint density at radius 1 is 0.681 bits per heavy atom. The number of amides is 8. The molecule has 1 aliphatic rings. The summed E-state index contributed by atoms with van der Waals surface area (Å²) in [7, 11) is 0. The highest BCUT2D eigenvalue weighted by Crippen LogP contribution is 2.21. The SMILES string of the molecule is CC(C)C[C@H](NC(=O)CC(O)[C@H](CC(C)C)NC(=O)[C@H](C)NC(=O)[C@H](Cc1ccccc1)NC(=O)[C@@H]1CCCN1C(=O)[C@H](Cc1cnc[nH]1)NC(=O)C(C)C)C(=O)N[C@@H](Cc1ccccc1)C(N)=O. The zero-order valence-electron chi connectivity index (χ0n) is 40.8. The summed E-state index contributed by atoms with van der Waals surface area (Å²) in [4.78, 5) is 116. The molecule has 3 aromatic rings. The molecule has 0 saturated carbocycles. The summed E-state index contributed by atoms with van der Waals surface area (Å²) in [6.07, 6.45) is 2.77. The Bertz CT molecular complexity index is 2170. The van der Waals surface area contributed by atoms with Crippen molar-refractivity contribution in [2.24, 2.45) is 23.5 Å². The van der Waals surface area contributed by atoms with Crippen molar-refractivity contribution in [3.63, 3.8) is 0 Å². The second-order valence-corrected chi connectivity index (χ2v) is 19.1. The van der Waals surface area contributed by atoms with E-state index >= 15 is 0 Å². The predicted octanol–water partition coefficient (Wildman–Crippen LogP) is 1.34. The van der Waals surface area contributed by atoms with Gasteiger partial charge in [-0.05, 0) is 55.6 Å². The zero-order valence-corrected chi connectivity index (χ0v) is 40.8. The Hall–Kier alpha value is -6.63. The van der Waals surface area contributed by atoms with Crippen LogP contribution in [0.2, 0.25) is 0 Å². The zero-order chi connectivity index (χ0) is 50.8. The van der Waals surface area contributed by atoms with Gasteiger partial charge in [0.2, 0.25) is 47.3 Å². The van der Waals surface area contributed by atoms with Crippen LogP contribution in [-0.4, -0.2) is 122 Å². The minimum atomic E-state index is -1.40. The van der Waals surface area contributed by atoms with Gasteiger partial charge in [-0.3, -0.25) is 38.4 Å². The molecule has 2 heterocycles. The van der Waals surface area contributed by atoms with E-state index < -0.39 is 102 Å². The number of hydrogen-bond donors (Lipinski definition) is 9. The van der Waals surface area contributed by atoms with E-state index in [1.165, 1.54) is 18.2 Å². The Kier molecular flexibility index (Phi) is 21.3. The monoisotopic (exact) mass is 957 g/mol. The minimum Gasteiger partial charge on any atom is -0.390 e. The lowest BCUT2D eigenvalue weighted by Gasteiger charge is -2.30. The van der Waals surface area contributed by atoms with Crippen LogP contribution in [0, 0.1) is 17.8 Å². The summed E-state index contributed by atoms with van der Waals surface area (Å²) in [5.74, 6) is -5.19. The number of aromatic amines is 1. The summed E-state index contributed by atoms with van der Waals surface area (Å²) >= 11 is 0. The van der Waals surface area contributed by atoms with Crippen molar-refractivity contribution in [2.45, 2.75) is 148 Å². The summed E-state index contributed by atoms with van der Waals surface area (Å²) < 4.78 is 0. The first-order valence-corrected chi connectivity index (χ1v) is 23.9. The number of H-pyrrole nitrogens is 1. The predicted molar refractivity (Wildman–Crippen MR) is 258 cm³/mol. The second kappa shape index (κ2) is 26.8. The lowest BCUT2D eigenvalue weighted by Crippen LogP contribution is -2.59. The van der Waals surface area contributed by atoms with Gasteiger partial charge in [-0.2, -0.15) is 0 Å². The third-order valence-corrected chi connectivity index (χ3v) is 11.8. The molecule has 1 fully saturated rings. The molecular weight excluding hydrogens is 885 g/mol. The number of nitrogens with two attached hydrogens (primary N) is 1. The van der Waals surface area contributed by atoms with Crippen molar-refractivity contribution in [1.82, 2.24) is 46.8 Å². The first-order chi connectivity index (χ1) is 32.7. The van der Waals surface area contributed by atoms with Crippen molar-refractivity contribution in [3.8, 4) is 0 Å². The number of carbonyl (C=O) groups is 8. The molecule has 376 valence electrons. The number of primary amides is 1. The highest BCUT2D eigenvalue weighted by molar-refractivity contribution is 5.96. The average Bonchev–Trinajstić information content (AvgIpc) is 4.01. The molecule has 2 aromatic carbocycles. The van der Waals surface area contributed by atoms with Gasteiger partial charge >= 0.3 is 0 Å². The molecule has 4 rings (SSSR count). The van der Waals surface area contributed by atoms with Crippen LogP contribution in [0.5, 0.6) is 0 Å². The lowest BCUT2D eigenvalue weighted by molar-refractivity contribution is -0.142. The van der Waals surface area contributed by atoms with Crippen LogP contribution in [0.15, 0.2) is 73.2 Å². The van der Waals surface area contributed by atoms with E-state index in [4.69, 9.17) is 5.73 Å². The van der Waals surface area contributed by atoms with Crippen molar-refractivity contribution >= 4 is 47.3 Å². The molecule has 1 saturated heterocycles. The van der Waals surface area contributed by atoms with E-state index in [-0.39, 0.29) is 56.4 Å². The standard InChI is InChI=1S/C50H72N10O9/c1-29(2)21-36(42(61)26-43(62)55-38(22-30(3)4)48(67)57-37(44(51)63)23-33-15-10-8-11-16-33)56-46(65)32(7)54-47(66)39(24-34-17-12-9-13-18-34)58-49(68)41-19-14-20-60(41)50(69)40(59-45(64)31(5)6)25-35-27-52-28-53-35/h8-13,15-18,27-32,36-42,61H,14,19-26H2,1-7H3,(H2,51,63)(H,52,53)(H,54,66)(H,55,62)(H,56,65)(H,57,67)(H,58,68)(H,59,64)/t32-,36-,37-,38-,39-,40-,41-,42?/m0/s1. The molecule has 0 radical (unpaired) electrons. The summed E-state index contributed by atoms with van der Waals surface area (Å²) in [6.45, 7) is 12.6. The number of likely N-dealkylation sites (tertiary alicyclic amines) is 1. The quantitative estimate of drug-likeness (QED) is 0.0557. The van der Waals surface area contributed by atoms with Gasteiger partial charge in [-0.1, -0.05) is 102 Å². The van der Waals surface area contributed by atoms with E-state index in [0.29, 0.717) is 18.5 Å². The van der Waals surface area contributed by atoms with Gasteiger partial charge in [-0.15, -0.1) is 0 Å². The van der Waals surface area contributed by atoms with Crippen LogP contribution >= 0.6 is 0 Å². The fraction of sp³-hybridized carbons (Fsp3) is 0.540. The van der Waals surface area contributed by atoms with Crippen molar-refractivity contribution < 1.29 is 43.5 Å². The molecule has 19 nitrogen and oxygen atoms in total. The number of nitrogens with one attached hydrogen (secondary N) is 7. The van der Waals surface area contributed by atoms with Crippen LogP contribution in [-0.2, 0) is 57.6 Å². The Labute approximate surface area is 404 Å². The third kappa shape index (κ3) is 17.8. The molecule has 8 amide bonds. The smallest absolute Gasteiger partial charge is 0.246 e. The van der Waals surface area contributed by atoms with E-state index in [0.717, 1.165) is 11.1 Å². The van der Waals surface area contributed by atoms with Gasteiger partial charge in [0.05, 0.1) is 24.9 Å². The van der Waals surface area contributed by atoms with Gasteiger partial charge in [0.15, 0.2) is 0 Å². The molecule has 8 atom stereocenters. The Morgan fingerprint density at radius 3 is 1.81 bits per heavy atom. The highest BCUT2D eigenvalue weighted by Gasteiger charge is 2.40. The number of aliphatic hydroxyl groups is 1. The molecule has 0 bridgehead atoms. The molecule has 19 heteroatoms. The maximum atomic E-state index is 14.1. The molecule has 1 aromatic heterocycles. The number of hydrogen-bond acceptors (Lipinski definition) is 10. The lowest BCUT2D eigenvalue weighted by atomic mass is 9.96. The number of aromatic nitrogens is 2. The Morgan fingerprint density at radius 2 is 1.26 bits per heavy atom. The van der Waals surface area contributed by atoms with Gasteiger partial charge < -0.3 is 52.6 Å². The van der Waals surface area contributed by atoms with Crippen LogP contribution < -0.4 is 37.6 Å². The van der Waals surface area contributed by atoms with Gasteiger partial charge in [0.1, 0.15) is 36.3 Å². The van der Waals surface area contributed by atoms with E-state index in [9.17, 15) is 43.5 Å². The summed E-state index contributed by atoms with van der Waals surface area (Å²) in [5.41, 5.74) is 7.75. The minimum absolute atomic E-state index is 0.0415. The maximum Gasteiger partial charge on any atom is 0.246 e. The fourth-order valence-corrected chi connectivity index (χ4v) is 8.13. The first kappa shape index (κ1) is 55.0. The Balaban J connectivity index is 1.43. The number of nitrogens with zero attached hydrogens (tertiary/aromatic N) is 2. The molecule has 1 aliphatic heterocycles. The second-order valence-electron chi connectivity index (χ2n) is 19.1.